The number of anilines is 2. The van der Waals surface area contributed by atoms with E-state index in [4.69, 9.17) is 5.73 Å². The minimum atomic E-state index is -0.468. The molecule has 3 N–H and O–H groups in total. The number of benzene rings is 2. The first-order valence-electron chi connectivity index (χ1n) is 8.63. The number of nitrogens with two attached hydrogens (primary N) is 1. The number of halogens is 1. The number of hydrogen-bond acceptors (Lipinski definition) is 5. The molecule has 0 atom stereocenters. The number of aliphatic imine (C=N–C) groups is 1. The standard InChI is InChI=1S/C20H15BrN4O3S/c1-10-4-2-3-5-13(10)23-15(26)9-25-14-7-6-11(21)8-12(14)16(19(25)27)17-18(22)24-20(28)29-17/h2-8H,9H2,1H3,(H,23,26)(H2,22,24,28)/b17-16+. The third-order valence-corrected chi connectivity index (χ3v) is 5.94. The molecule has 0 bridgehead atoms. The van der Waals surface area contributed by atoms with Crippen molar-refractivity contribution in [1.82, 2.24) is 0 Å². The van der Waals surface area contributed by atoms with Crippen LogP contribution in [0.25, 0.3) is 5.57 Å². The Hall–Kier alpha value is -2.91. The van der Waals surface area contributed by atoms with Gasteiger partial charge in [0, 0.05) is 15.7 Å². The predicted octanol–water partition coefficient (Wildman–Crippen LogP) is 3.68. The minimum absolute atomic E-state index is 0.0143. The van der Waals surface area contributed by atoms with Gasteiger partial charge in [-0.25, -0.2) is 0 Å². The van der Waals surface area contributed by atoms with E-state index < -0.39 is 11.1 Å². The van der Waals surface area contributed by atoms with E-state index in [9.17, 15) is 14.4 Å². The SMILES string of the molecule is Cc1ccccc1NC(=O)CN1C(=O)/C(=C2/SC(=O)N=C2N)c2cc(Br)ccc21. The summed E-state index contributed by atoms with van der Waals surface area (Å²) in [6.07, 6.45) is 0. The molecule has 0 saturated heterocycles. The second-order valence-corrected chi connectivity index (χ2v) is 8.36. The zero-order valence-electron chi connectivity index (χ0n) is 15.2. The normalized spacial score (nSPS) is 18.1. The van der Waals surface area contributed by atoms with Gasteiger partial charge in [0.25, 0.3) is 5.91 Å². The van der Waals surface area contributed by atoms with Crippen molar-refractivity contribution in [2.75, 3.05) is 16.8 Å². The van der Waals surface area contributed by atoms with Crippen LogP contribution in [-0.2, 0) is 9.59 Å². The molecule has 2 aliphatic heterocycles. The molecular weight excluding hydrogens is 456 g/mol. The molecule has 3 amide bonds. The van der Waals surface area contributed by atoms with E-state index in [-0.39, 0.29) is 23.9 Å². The summed E-state index contributed by atoms with van der Waals surface area (Å²) in [7, 11) is 0. The van der Waals surface area contributed by atoms with Gasteiger partial charge in [-0.2, -0.15) is 4.99 Å². The molecule has 2 heterocycles. The molecule has 0 unspecified atom stereocenters. The van der Waals surface area contributed by atoms with Gasteiger partial charge in [-0.05, 0) is 48.5 Å². The lowest BCUT2D eigenvalue weighted by molar-refractivity contribution is -0.118. The highest BCUT2D eigenvalue weighted by atomic mass is 79.9. The molecule has 29 heavy (non-hydrogen) atoms. The summed E-state index contributed by atoms with van der Waals surface area (Å²) in [5.41, 5.74) is 8.93. The number of aryl methyl sites for hydroxylation is 1. The van der Waals surface area contributed by atoms with Gasteiger partial charge in [0.05, 0.1) is 16.2 Å². The maximum atomic E-state index is 13.2. The van der Waals surface area contributed by atoms with Crippen molar-refractivity contribution in [3.8, 4) is 0 Å². The maximum absolute atomic E-state index is 13.2. The van der Waals surface area contributed by atoms with Gasteiger partial charge in [0.15, 0.2) is 0 Å². The van der Waals surface area contributed by atoms with Gasteiger partial charge in [-0.3, -0.25) is 19.3 Å². The summed E-state index contributed by atoms with van der Waals surface area (Å²) in [5.74, 6) is -0.710. The van der Waals surface area contributed by atoms with Gasteiger partial charge >= 0.3 is 5.24 Å². The van der Waals surface area contributed by atoms with Crippen LogP contribution < -0.4 is 16.0 Å². The third-order valence-electron chi connectivity index (χ3n) is 4.56. The Balaban J connectivity index is 1.69. The molecule has 2 aromatic rings. The second-order valence-electron chi connectivity index (χ2n) is 6.49. The molecule has 0 saturated carbocycles. The Kier molecular flexibility index (Phi) is 5.01. The van der Waals surface area contributed by atoms with Crippen molar-refractivity contribution in [2.45, 2.75) is 6.92 Å². The van der Waals surface area contributed by atoms with Crippen LogP contribution in [0.1, 0.15) is 11.1 Å². The fourth-order valence-electron chi connectivity index (χ4n) is 3.22. The van der Waals surface area contributed by atoms with Gasteiger partial charge in [0.1, 0.15) is 12.4 Å². The topological polar surface area (TPSA) is 105 Å². The molecular formula is C20H15BrN4O3S. The molecule has 0 spiro atoms. The van der Waals surface area contributed by atoms with Gasteiger partial charge in [0.2, 0.25) is 5.91 Å². The van der Waals surface area contributed by atoms with Crippen LogP contribution in [0.15, 0.2) is 56.8 Å². The van der Waals surface area contributed by atoms with E-state index in [1.165, 1.54) is 4.90 Å². The first-order chi connectivity index (χ1) is 13.8. The highest BCUT2D eigenvalue weighted by Crippen LogP contribution is 2.43. The van der Waals surface area contributed by atoms with E-state index in [2.05, 4.69) is 26.2 Å². The van der Waals surface area contributed by atoms with Crippen molar-refractivity contribution in [1.29, 1.82) is 0 Å². The first kappa shape index (κ1) is 19.4. The first-order valence-corrected chi connectivity index (χ1v) is 10.2. The van der Waals surface area contributed by atoms with Crippen molar-refractivity contribution in [3.63, 3.8) is 0 Å². The summed E-state index contributed by atoms with van der Waals surface area (Å²) in [6.45, 7) is 1.72. The molecule has 146 valence electrons. The van der Waals surface area contributed by atoms with Gasteiger partial charge < -0.3 is 11.1 Å². The van der Waals surface area contributed by atoms with Gasteiger partial charge in [-0.15, -0.1) is 0 Å². The fourth-order valence-corrected chi connectivity index (χ4v) is 4.35. The number of nitrogens with one attached hydrogen (secondary N) is 1. The average molecular weight is 471 g/mol. The molecule has 0 aliphatic carbocycles. The largest absolute Gasteiger partial charge is 0.383 e. The number of amides is 3. The Bertz CT molecular complexity index is 1140. The highest BCUT2D eigenvalue weighted by Gasteiger charge is 2.38. The fraction of sp³-hybridized carbons (Fsp3) is 0.100. The number of amidine groups is 1. The number of thioether (sulfide) groups is 1. The van der Waals surface area contributed by atoms with E-state index in [1.807, 2.05) is 25.1 Å². The minimum Gasteiger partial charge on any atom is -0.383 e. The summed E-state index contributed by atoms with van der Waals surface area (Å²) in [4.78, 5) is 42.9. The van der Waals surface area contributed by atoms with E-state index in [1.54, 1.807) is 24.3 Å². The number of hydrogen-bond donors (Lipinski definition) is 2. The lowest BCUT2D eigenvalue weighted by Gasteiger charge is -2.17. The van der Waals surface area contributed by atoms with Crippen LogP contribution in [-0.4, -0.2) is 29.4 Å². The lowest BCUT2D eigenvalue weighted by Crippen LogP contribution is -2.35. The van der Waals surface area contributed by atoms with Crippen molar-refractivity contribution in [2.24, 2.45) is 10.7 Å². The number of nitrogens with zero attached hydrogens (tertiary/aromatic N) is 2. The molecule has 7 nitrogen and oxygen atoms in total. The van der Waals surface area contributed by atoms with Gasteiger partial charge in [-0.1, -0.05) is 34.1 Å². The van der Waals surface area contributed by atoms with Crippen LogP contribution in [0.3, 0.4) is 0 Å². The van der Waals surface area contributed by atoms with Crippen LogP contribution in [0, 0.1) is 6.92 Å². The predicted molar refractivity (Wildman–Crippen MR) is 118 cm³/mol. The van der Waals surface area contributed by atoms with E-state index in [0.717, 1.165) is 21.8 Å². The van der Waals surface area contributed by atoms with E-state index >= 15 is 0 Å². The zero-order chi connectivity index (χ0) is 20.7. The lowest BCUT2D eigenvalue weighted by atomic mass is 10.1. The summed E-state index contributed by atoms with van der Waals surface area (Å²) >= 11 is 4.22. The summed E-state index contributed by atoms with van der Waals surface area (Å²) < 4.78 is 0.762. The molecule has 0 radical (unpaired) electrons. The second kappa shape index (κ2) is 7.49. The average Bonchev–Trinajstić information content (AvgIpc) is 3.12. The highest BCUT2D eigenvalue weighted by molar-refractivity contribution is 9.10. The molecule has 0 fully saturated rings. The summed E-state index contributed by atoms with van der Waals surface area (Å²) in [6, 6.07) is 12.7. The van der Waals surface area contributed by atoms with Crippen LogP contribution in [0.2, 0.25) is 0 Å². The third kappa shape index (κ3) is 3.58. The Morgan fingerprint density at radius 3 is 2.69 bits per heavy atom. The molecule has 2 aromatic carbocycles. The number of para-hydroxylation sites is 1. The number of fused-ring (bicyclic) bond motifs is 1. The monoisotopic (exact) mass is 470 g/mol. The Labute approximate surface area is 179 Å². The molecule has 0 aromatic heterocycles. The maximum Gasteiger partial charge on any atom is 0.311 e. The van der Waals surface area contributed by atoms with E-state index in [0.29, 0.717) is 21.8 Å². The molecule has 9 heteroatoms. The Morgan fingerprint density at radius 2 is 2.00 bits per heavy atom. The Morgan fingerprint density at radius 1 is 1.24 bits per heavy atom. The number of carbonyl (C=O) groups excluding carboxylic acids is 3. The number of rotatable bonds is 3. The van der Waals surface area contributed by atoms with Crippen LogP contribution in [0.4, 0.5) is 16.2 Å². The molecule has 4 rings (SSSR count). The number of carbonyl (C=O) groups is 3. The van der Waals surface area contributed by atoms with Crippen LogP contribution >= 0.6 is 27.7 Å². The van der Waals surface area contributed by atoms with Crippen molar-refractivity contribution in [3.05, 3.63) is 63.0 Å². The van der Waals surface area contributed by atoms with Crippen LogP contribution in [0.5, 0.6) is 0 Å². The smallest absolute Gasteiger partial charge is 0.311 e. The molecule has 2 aliphatic rings. The van der Waals surface area contributed by atoms with Crippen molar-refractivity contribution >= 4 is 67.5 Å². The summed E-state index contributed by atoms with van der Waals surface area (Å²) in [5, 5.41) is 2.37. The zero-order valence-corrected chi connectivity index (χ0v) is 17.6. The van der Waals surface area contributed by atoms with Crippen molar-refractivity contribution < 1.29 is 14.4 Å². The quantitative estimate of drug-likeness (QED) is 0.665.